The Kier molecular flexibility index (Phi) is 5.15. The van der Waals surface area contributed by atoms with E-state index in [0.717, 1.165) is 42.7 Å². The van der Waals surface area contributed by atoms with Gasteiger partial charge in [0.15, 0.2) is 5.69 Å². The van der Waals surface area contributed by atoms with Crippen molar-refractivity contribution >= 4 is 17.5 Å². The zero-order valence-electron chi connectivity index (χ0n) is 14.2. The summed E-state index contributed by atoms with van der Waals surface area (Å²) in [6, 6.07) is 7.80. The Morgan fingerprint density at radius 2 is 1.88 bits per heavy atom. The molecular formula is C18H23N3O3. The number of aryl methyl sites for hydroxylation is 2. The van der Waals surface area contributed by atoms with Gasteiger partial charge in [0.25, 0.3) is 5.91 Å². The lowest BCUT2D eigenvalue weighted by atomic mass is 10.0. The quantitative estimate of drug-likeness (QED) is 0.913. The highest BCUT2D eigenvalue weighted by atomic mass is 16.5. The molecule has 1 saturated heterocycles. The third-order valence-electron chi connectivity index (χ3n) is 4.29. The van der Waals surface area contributed by atoms with Gasteiger partial charge in [0.05, 0.1) is 13.2 Å². The molecule has 1 aliphatic rings. The minimum Gasteiger partial charge on any atom is -0.378 e. The molecule has 1 aromatic heterocycles. The van der Waals surface area contributed by atoms with Crippen LogP contribution in [-0.2, 0) is 17.6 Å². The maximum absolute atomic E-state index is 12.6. The Bertz CT molecular complexity index is 683. The standard InChI is InChI=1S/C18H23N3O3/c1-3-13-6-5-7-14(4-2)17(13)19-18(22)15-12-16(24-20-15)21-8-10-23-11-9-21/h5-7,12H,3-4,8-11H2,1-2H3,(H,19,22). The molecule has 1 aliphatic heterocycles. The van der Waals surface area contributed by atoms with Gasteiger partial charge in [-0.05, 0) is 24.0 Å². The van der Waals surface area contributed by atoms with Crippen LogP contribution >= 0.6 is 0 Å². The Morgan fingerprint density at radius 3 is 2.50 bits per heavy atom. The van der Waals surface area contributed by atoms with E-state index in [4.69, 9.17) is 9.26 Å². The minimum absolute atomic E-state index is 0.242. The number of ether oxygens (including phenoxy) is 1. The van der Waals surface area contributed by atoms with Gasteiger partial charge in [0.2, 0.25) is 5.88 Å². The second-order valence-electron chi connectivity index (χ2n) is 5.76. The minimum atomic E-state index is -0.242. The Morgan fingerprint density at radius 1 is 1.21 bits per heavy atom. The van der Waals surface area contributed by atoms with Crippen LogP contribution in [0.4, 0.5) is 11.6 Å². The fraction of sp³-hybridized carbons (Fsp3) is 0.444. The molecule has 0 spiro atoms. The lowest BCUT2D eigenvalue weighted by Crippen LogP contribution is -2.35. The Hall–Kier alpha value is -2.34. The van der Waals surface area contributed by atoms with Crippen LogP contribution in [0, 0.1) is 0 Å². The maximum Gasteiger partial charge on any atom is 0.277 e. The molecule has 2 aromatic rings. The van der Waals surface area contributed by atoms with E-state index in [1.165, 1.54) is 0 Å². The van der Waals surface area contributed by atoms with Crippen molar-refractivity contribution in [3.8, 4) is 0 Å². The van der Waals surface area contributed by atoms with Gasteiger partial charge in [-0.15, -0.1) is 0 Å². The summed E-state index contributed by atoms with van der Waals surface area (Å²) in [6.45, 7) is 6.97. The summed E-state index contributed by atoms with van der Waals surface area (Å²) in [5, 5.41) is 6.94. The van der Waals surface area contributed by atoms with Crippen LogP contribution in [0.15, 0.2) is 28.8 Å². The number of amides is 1. The van der Waals surface area contributed by atoms with Crippen molar-refractivity contribution in [3.05, 3.63) is 41.1 Å². The molecule has 0 bridgehead atoms. The molecule has 1 aromatic carbocycles. The fourth-order valence-electron chi connectivity index (χ4n) is 2.89. The van der Waals surface area contributed by atoms with Crippen LogP contribution in [0.25, 0.3) is 0 Å². The first kappa shape index (κ1) is 16.5. The molecule has 1 amide bonds. The van der Waals surface area contributed by atoms with Crippen molar-refractivity contribution in [2.75, 3.05) is 36.5 Å². The number of aromatic nitrogens is 1. The smallest absolute Gasteiger partial charge is 0.277 e. The average Bonchev–Trinajstić information content (AvgIpc) is 3.13. The van der Waals surface area contributed by atoms with Crippen LogP contribution in [-0.4, -0.2) is 37.4 Å². The average molecular weight is 329 g/mol. The molecular weight excluding hydrogens is 306 g/mol. The molecule has 3 rings (SSSR count). The van der Waals surface area contributed by atoms with Crippen molar-refractivity contribution in [1.29, 1.82) is 0 Å². The van der Waals surface area contributed by atoms with Crippen LogP contribution in [0.1, 0.15) is 35.5 Å². The molecule has 24 heavy (non-hydrogen) atoms. The number of carbonyl (C=O) groups excluding carboxylic acids is 1. The zero-order valence-corrected chi connectivity index (χ0v) is 14.2. The molecule has 6 nitrogen and oxygen atoms in total. The van der Waals surface area contributed by atoms with Gasteiger partial charge >= 0.3 is 0 Å². The third-order valence-corrected chi connectivity index (χ3v) is 4.29. The van der Waals surface area contributed by atoms with Gasteiger partial charge in [0, 0.05) is 24.8 Å². The number of nitrogens with one attached hydrogen (secondary N) is 1. The second-order valence-corrected chi connectivity index (χ2v) is 5.76. The number of rotatable bonds is 5. The predicted octanol–water partition coefficient (Wildman–Crippen LogP) is 2.89. The van der Waals surface area contributed by atoms with Gasteiger partial charge in [-0.2, -0.15) is 0 Å². The van der Waals surface area contributed by atoms with Crippen LogP contribution in [0.2, 0.25) is 0 Å². The molecule has 1 fully saturated rings. The molecule has 0 saturated carbocycles. The van der Waals surface area contributed by atoms with E-state index >= 15 is 0 Å². The Balaban J connectivity index is 1.77. The second kappa shape index (κ2) is 7.49. The summed E-state index contributed by atoms with van der Waals surface area (Å²) in [5.74, 6) is 0.372. The summed E-state index contributed by atoms with van der Waals surface area (Å²) in [6.07, 6.45) is 1.72. The first-order chi connectivity index (χ1) is 11.7. The van der Waals surface area contributed by atoms with E-state index < -0.39 is 0 Å². The van der Waals surface area contributed by atoms with Gasteiger partial charge in [-0.25, -0.2) is 0 Å². The molecule has 1 N–H and O–H groups in total. The van der Waals surface area contributed by atoms with Crippen LogP contribution < -0.4 is 10.2 Å². The van der Waals surface area contributed by atoms with Crippen molar-refractivity contribution in [3.63, 3.8) is 0 Å². The zero-order chi connectivity index (χ0) is 16.9. The highest BCUT2D eigenvalue weighted by molar-refractivity contribution is 6.04. The number of para-hydroxylation sites is 1. The van der Waals surface area contributed by atoms with Crippen molar-refractivity contribution in [2.45, 2.75) is 26.7 Å². The summed E-state index contributed by atoms with van der Waals surface area (Å²) < 4.78 is 10.7. The van der Waals surface area contributed by atoms with Crippen molar-refractivity contribution in [1.82, 2.24) is 5.16 Å². The molecule has 2 heterocycles. The normalized spacial score (nSPS) is 14.7. The predicted molar refractivity (Wildman–Crippen MR) is 92.7 cm³/mol. The third kappa shape index (κ3) is 3.43. The number of hydrogen-bond donors (Lipinski definition) is 1. The van der Waals surface area contributed by atoms with E-state index in [-0.39, 0.29) is 5.91 Å². The number of benzene rings is 1. The summed E-state index contributed by atoms with van der Waals surface area (Å²) in [4.78, 5) is 14.6. The Labute approximate surface area is 141 Å². The summed E-state index contributed by atoms with van der Waals surface area (Å²) in [5.41, 5.74) is 3.44. The molecule has 0 radical (unpaired) electrons. The molecule has 6 heteroatoms. The lowest BCUT2D eigenvalue weighted by molar-refractivity contribution is 0.101. The van der Waals surface area contributed by atoms with E-state index in [1.807, 2.05) is 23.1 Å². The molecule has 0 unspecified atom stereocenters. The largest absolute Gasteiger partial charge is 0.378 e. The maximum atomic E-state index is 12.6. The molecule has 0 aliphatic carbocycles. The highest BCUT2D eigenvalue weighted by Gasteiger charge is 2.20. The van der Waals surface area contributed by atoms with Crippen LogP contribution in [0.5, 0.6) is 0 Å². The lowest BCUT2D eigenvalue weighted by Gasteiger charge is -2.25. The topological polar surface area (TPSA) is 67.6 Å². The van der Waals surface area contributed by atoms with E-state index in [1.54, 1.807) is 6.07 Å². The fourth-order valence-corrected chi connectivity index (χ4v) is 2.89. The first-order valence-electron chi connectivity index (χ1n) is 8.44. The monoisotopic (exact) mass is 329 g/mol. The number of nitrogens with zero attached hydrogens (tertiary/aromatic N) is 2. The van der Waals surface area contributed by atoms with E-state index in [9.17, 15) is 4.79 Å². The van der Waals surface area contributed by atoms with Crippen molar-refractivity contribution < 1.29 is 14.1 Å². The number of carbonyl (C=O) groups is 1. The van der Waals surface area contributed by atoms with Crippen LogP contribution in [0.3, 0.4) is 0 Å². The van der Waals surface area contributed by atoms with Gasteiger partial charge < -0.3 is 19.5 Å². The van der Waals surface area contributed by atoms with E-state index in [2.05, 4.69) is 24.3 Å². The number of anilines is 2. The highest BCUT2D eigenvalue weighted by Crippen LogP contribution is 2.24. The van der Waals surface area contributed by atoms with Crippen molar-refractivity contribution in [2.24, 2.45) is 0 Å². The van der Waals surface area contributed by atoms with E-state index in [0.29, 0.717) is 24.8 Å². The first-order valence-corrected chi connectivity index (χ1v) is 8.44. The number of morpholine rings is 1. The van der Waals surface area contributed by atoms with Gasteiger partial charge in [0.1, 0.15) is 0 Å². The summed E-state index contributed by atoms with van der Waals surface area (Å²) in [7, 11) is 0. The SMILES string of the molecule is CCc1cccc(CC)c1NC(=O)c1cc(N2CCOCC2)on1. The summed E-state index contributed by atoms with van der Waals surface area (Å²) >= 11 is 0. The van der Waals surface area contributed by atoms with Gasteiger partial charge in [-0.3, -0.25) is 4.79 Å². The molecule has 0 atom stereocenters. The number of hydrogen-bond acceptors (Lipinski definition) is 5. The van der Waals surface area contributed by atoms with Gasteiger partial charge in [-0.1, -0.05) is 37.2 Å². The molecule has 128 valence electrons.